The fourth-order valence-corrected chi connectivity index (χ4v) is 4.78. The van der Waals surface area contributed by atoms with Crippen molar-refractivity contribution in [2.45, 2.75) is 18.4 Å². The molecule has 0 bridgehead atoms. The molecule has 2 aliphatic heterocycles. The molecule has 2 aromatic heterocycles. The minimum atomic E-state index is -0.683. The number of carbonyl (C=O) groups is 1. The molecular weight excluding hydrogens is 461 g/mol. The molecule has 2 aliphatic rings. The lowest BCUT2D eigenvalue weighted by Gasteiger charge is -2.37. The fraction of sp³-hybridized carbons (Fsp3) is 0.360. The van der Waals surface area contributed by atoms with Gasteiger partial charge in [-0.1, -0.05) is 0 Å². The number of halogens is 1. The van der Waals surface area contributed by atoms with Crippen LogP contribution in [-0.4, -0.2) is 87.2 Å². The van der Waals surface area contributed by atoms with Crippen LogP contribution in [0.3, 0.4) is 0 Å². The van der Waals surface area contributed by atoms with Gasteiger partial charge in [0.1, 0.15) is 17.8 Å². The predicted molar refractivity (Wildman–Crippen MR) is 129 cm³/mol. The molecule has 2 unspecified atom stereocenters. The third-order valence-corrected chi connectivity index (χ3v) is 6.72. The summed E-state index contributed by atoms with van der Waals surface area (Å²) >= 11 is 0. The number of hydrazone groups is 1. The van der Waals surface area contributed by atoms with Gasteiger partial charge in [0, 0.05) is 57.1 Å². The number of rotatable bonds is 6. The van der Waals surface area contributed by atoms with E-state index >= 15 is 0 Å². The van der Waals surface area contributed by atoms with E-state index in [0.717, 1.165) is 22.8 Å². The molecule has 1 saturated heterocycles. The Morgan fingerprint density at radius 2 is 2.03 bits per heavy atom. The molecule has 1 N–H and O–H groups in total. The SMILES string of the molecule is N#CCC(CN1CCN(C(=O)c2ccc(C#N)cc2F)CC1)N1CC(c2ncnc3[nH]ccc23)C=N1. The standard InChI is InChI=1S/C25H24FN9O/c26-22-11-17(12-28)1-2-20(22)25(36)34-9-7-33(8-10-34)15-19(3-5-27)35-14-18(13-32-35)23-21-4-6-29-24(21)31-16-30-23/h1-2,4,6,11,13,16,18-19H,3,7-10,14-15H2,(H,29,30,31). The number of aromatic amines is 1. The van der Waals surface area contributed by atoms with Crippen LogP contribution in [-0.2, 0) is 0 Å². The first-order valence-electron chi connectivity index (χ1n) is 11.7. The van der Waals surface area contributed by atoms with Gasteiger partial charge < -0.3 is 9.88 Å². The summed E-state index contributed by atoms with van der Waals surface area (Å²) in [5.74, 6) is -1.06. The monoisotopic (exact) mass is 485 g/mol. The van der Waals surface area contributed by atoms with Crippen molar-refractivity contribution < 1.29 is 9.18 Å². The Morgan fingerprint density at radius 3 is 2.78 bits per heavy atom. The molecule has 11 heteroatoms. The van der Waals surface area contributed by atoms with Crippen LogP contribution in [0, 0.1) is 28.5 Å². The lowest BCUT2D eigenvalue weighted by Crippen LogP contribution is -2.52. The first-order chi connectivity index (χ1) is 17.6. The van der Waals surface area contributed by atoms with E-state index in [2.05, 4.69) is 31.0 Å². The van der Waals surface area contributed by atoms with Gasteiger partial charge in [-0.3, -0.25) is 14.7 Å². The van der Waals surface area contributed by atoms with E-state index in [1.807, 2.05) is 29.6 Å². The number of nitrogens with zero attached hydrogens (tertiary/aromatic N) is 8. The van der Waals surface area contributed by atoms with Crippen molar-refractivity contribution in [3.8, 4) is 12.1 Å². The van der Waals surface area contributed by atoms with Crippen molar-refractivity contribution in [2.24, 2.45) is 5.10 Å². The van der Waals surface area contributed by atoms with Crippen molar-refractivity contribution in [1.82, 2.24) is 29.8 Å². The molecule has 0 spiro atoms. The molecule has 182 valence electrons. The van der Waals surface area contributed by atoms with Crippen LogP contribution in [0.2, 0.25) is 0 Å². The minimum Gasteiger partial charge on any atom is -0.346 e. The molecule has 4 heterocycles. The number of aromatic nitrogens is 3. The maximum atomic E-state index is 14.3. The van der Waals surface area contributed by atoms with Crippen LogP contribution in [0.1, 0.15) is 34.0 Å². The van der Waals surface area contributed by atoms with Gasteiger partial charge >= 0.3 is 0 Å². The molecule has 0 radical (unpaired) electrons. The summed E-state index contributed by atoms with van der Waals surface area (Å²) in [6.07, 6.45) is 5.58. The highest BCUT2D eigenvalue weighted by molar-refractivity contribution is 5.94. The smallest absolute Gasteiger partial charge is 0.256 e. The van der Waals surface area contributed by atoms with Crippen molar-refractivity contribution >= 4 is 23.2 Å². The van der Waals surface area contributed by atoms with Gasteiger partial charge in [-0.25, -0.2) is 14.4 Å². The van der Waals surface area contributed by atoms with Crippen molar-refractivity contribution in [1.29, 1.82) is 10.5 Å². The van der Waals surface area contributed by atoms with E-state index in [4.69, 9.17) is 5.26 Å². The molecule has 0 aliphatic carbocycles. The van der Waals surface area contributed by atoms with Crippen LogP contribution in [0.25, 0.3) is 11.0 Å². The Bertz CT molecular complexity index is 1380. The number of benzene rings is 1. The van der Waals surface area contributed by atoms with Gasteiger partial charge in [0.25, 0.3) is 5.91 Å². The van der Waals surface area contributed by atoms with Gasteiger partial charge in [-0.2, -0.15) is 15.6 Å². The molecule has 1 amide bonds. The molecule has 5 rings (SSSR count). The summed E-state index contributed by atoms with van der Waals surface area (Å²) in [5, 5.41) is 25.9. The second-order valence-electron chi connectivity index (χ2n) is 8.91. The number of nitrogens with one attached hydrogen (secondary N) is 1. The Kier molecular flexibility index (Phi) is 6.56. The zero-order valence-corrected chi connectivity index (χ0v) is 19.5. The number of piperazine rings is 1. The number of hydrogen-bond acceptors (Lipinski definition) is 8. The fourth-order valence-electron chi connectivity index (χ4n) is 4.78. The van der Waals surface area contributed by atoms with Crippen LogP contribution >= 0.6 is 0 Å². The molecule has 36 heavy (non-hydrogen) atoms. The van der Waals surface area contributed by atoms with Crippen molar-refractivity contribution in [3.63, 3.8) is 0 Å². The maximum absolute atomic E-state index is 14.3. The predicted octanol–water partition coefficient (Wildman–Crippen LogP) is 2.09. The topological polar surface area (TPSA) is 128 Å². The number of carbonyl (C=O) groups excluding carboxylic acids is 1. The van der Waals surface area contributed by atoms with Crippen LogP contribution in [0.5, 0.6) is 0 Å². The van der Waals surface area contributed by atoms with E-state index in [9.17, 15) is 14.4 Å². The first kappa shape index (κ1) is 23.4. The Labute approximate surface area is 207 Å². The van der Waals surface area contributed by atoms with Gasteiger partial charge in [-0.15, -0.1) is 0 Å². The second kappa shape index (κ2) is 10.1. The van der Waals surface area contributed by atoms with Crippen LogP contribution in [0.4, 0.5) is 4.39 Å². The van der Waals surface area contributed by atoms with E-state index < -0.39 is 5.82 Å². The Balaban J connectivity index is 1.19. The van der Waals surface area contributed by atoms with Gasteiger partial charge in [-0.05, 0) is 24.3 Å². The quantitative estimate of drug-likeness (QED) is 0.566. The van der Waals surface area contributed by atoms with E-state index in [0.29, 0.717) is 45.7 Å². The van der Waals surface area contributed by atoms with Crippen LogP contribution < -0.4 is 0 Å². The molecule has 2 atom stereocenters. The first-order valence-corrected chi connectivity index (χ1v) is 11.7. The molecule has 0 saturated carbocycles. The van der Waals surface area contributed by atoms with Gasteiger partial charge in [0.2, 0.25) is 0 Å². The second-order valence-corrected chi connectivity index (χ2v) is 8.91. The normalized spacial score (nSPS) is 18.8. The highest BCUT2D eigenvalue weighted by Crippen LogP contribution is 2.26. The van der Waals surface area contributed by atoms with Gasteiger partial charge in [0.15, 0.2) is 0 Å². The minimum absolute atomic E-state index is 0.00396. The Morgan fingerprint density at radius 1 is 1.19 bits per heavy atom. The molecule has 3 aromatic rings. The number of amides is 1. The van der Waals surface area contributed by atoms with Crippen molar-refractivity contribution in [3.05, 3.63) is 59.4 Å². The Hall–Kier alpha value is -4.35. The highest BCUT2D eigenvalue weighted by Gasteiger charge is 2.31. The number of nitriles is 2. The highest BCUT2D eigenvalue weighted by atomic mass is 19.1. The average Bonchev–Trinajstić information content (AvgIpc) is 3.58. The summed E-state index contributed by atoms with van der Waals surface area (Å²) in [6.45, 7) is 3.39. The molecular formula is C25H24FN9O. The molecule has 1 aromatic carbocycles. The summed E-state index contributed by atoms with van der Waals surface area (Å²) in [6, 6.07) is 9.91. The zero-order chi connectivity index (χ0) is 25.1. The summed E-state index contributed by atoms with van der Waals surface area (Å²) in [7, 11) is 0. The molecule has 10 nitrogen and oxygen atoms in total. The summed E-state index contributed by atoms with van der Waals surface area (Å²) in [4.78, 5) is 28.5. The van der Waals surface area contributed by atoms with E-state index in [1.54, 1.807) is 11.2 Å². The lowest BCUT2D eigenvalue weighted by atomic mass is 10.0. The number of H-pyrrole nitrogens is 1. The largest absolute Gasteiger partial charge is 0.346 e. The maximum Gasteiger partial charge on any atom is 0.256 e. The summed E-state index contributed by atoms with van der Waals surface area (Å²) in [5.41, 5.74) is 1.85. The summed E-state index contributed by atoms with van der Waals surface area (Å²) < 4.78 is 14.3. The van der Waals surface area contributed by atoms with Crippen LogP contribution in [0.15, 0.2) is 41.9 Å². The molecule has 1 fully saturated rings. The zero-order valence-electron chi connectivity index (χ0n) is 19.5. The number of fused-ring (bicyclic) bond motifs is 1. The van der Waals surface area contributed by atoms with E-state index in [-0.39, 0.29) is 29.0 Å². The number of hydrogen-bond donors (Lipinski definition) is 1. The van der Waals surface area contributed by atoms with Gasteiger partial charge in [0.05, 0.1) is 47.3 Å². The third kappa shape index (κ3) is 4.61. The lowest BCUT2D eigenvalue weighted by molar-refractivity contribution is 0.0582. The third-order valence-electron chi connectivity index (χ3n) is 6.72. The van der Waals surface area contributed by atoms with E-state index in [1.165, 1.54) is 12.1 Å². The average molecular weight is 486 g/mol. The van der Waals surface area contributed by atoms with Crippen molar-refractivity contribution in [2.75, 3.05) is 39.3 Å².